The van der Waals surface area contributed by atoms with E-state index in [1.165, 1.54) is 38.0 Å². The van der Waals surface area contributed by atoms with Crippen LogP contribution in [0.2, 0.25) is 5.02 Å². The van der Waals surface area contributed by atoms with Crippen LogP contribution in [0, 0.1) is 5.92 Å². The van der Waals surface area contributed by atoms with Gasteiger partial charge in [-0.15, -0.1) is 0 Å². The van der Waals surface area contributed by atoms with Crippen LogP contribution < -0.4 is 10.1 Å². The van der Waals surface area contributed by atoms with Gasteiger partial charge in [-0.05, 0) is 56.1 Å². The Labute approximate surface area is 127 Å². The van der Waals surface area contributed by atoms with Crippen LogP contribution in [0.4, 0.5) is 0 Å². The third kappa shape index (κ3) is 4.65. The van der Waals surface area contributed by atoms with Gasteiger partial charge in [-0.1, -0.05) is 24.6 Å². The Balaban J connectivity index is 1.70. The van der Waals surface area contributed by atoms with Crippen LogP contribution in [-0.4, -0.2) is 38.2 Å². The number of halogens is 1. The first kappa shape index (κ1) is 15.6. The molecular weight excluding hydrogens is 272 g/mol. The summed E-state index contributed by atoms with van der Waals surface area (Å²) in [6, 6.07) is 5.95. The van der Waals surface area contributed by atoms with Gasteiger partial charge in [0.05, 0.1) is 12.1 Å². The molecule has 0 amide bonds. The fourth-order valence-electron chi connectivity index (χ4n) is 2.75. The summed E-state index contributed by atoms with van der Waals surface area (Å²) < 4.78 is 5.16. The first-order chi connectivity index (χ1) is 9.69. The van der Waals surface area contributed by atoms with Crippen LogP contribution >= 0.6 is 11.6 Å². The van der Waals surface area contributed by atoms with Crippen molar-refractivity contribution < 1.29 is 4.74 Å². The van der Waals surface area contributed by atoms with Gasteiger partial charge in [0.1, 0.15) is 5.75 Å². The first-order valence-corrected chi connectivity index (χ1v) is 7.82. The molecule has 1 aliphatic heterocycles. The standard InChI is InChI=1S/C16H25ClN2O/c1-13(12-19-7-3-4-8-19)10-18-11-14-5-6-16(20-2)15(17)9-14/h5-6,9,13,18H,3-4,7-8,10-12H2,1-2H3. The molecule has 1 atom stereocenters. The number of nitrogens with one attached hydrogen (secondary N) is 1. The maximum Gasteiger partial charge on any atom is 0.137 e. The molecule has 1 N–H and O–H groups in total. The Kier molecular flexibility index (Phi) is 6.14. The SMILES string of the molecule is COc1ccc(CNCC(C)CN2CCCC2)cc1Cl. The highest BCUT2D eigenvalue weighted by Crippen LogP contribution is 2.24. The molecule has 20 heavy (non-hydrogen) atoms. The zero-order chi connectivity index (χ0) is 14.4. The molecule has 1 aromatic carbocycles. The highest BCUT2D eigenvalue weighted by Gasteiger charge is 2.14. The van der Waals surface area contributed by atoms with E-state index < -0.39 is 0 Å². The van der Waals surface area contributed by atoms with Gasteiger partial charge in [0, 0.05) is 13.1 Å². The van der Waals surface area contributed by atoms with E-state index in [2.05, 4.69) is 23.2 Å². The molecule has 0 aliphatic carbocycles. The number of likely N-dealkylation sites (tertiary alicyclic amines) is 1. The third-order valence-corrected chi connectivity index (χ3v) is 4.10. The molecular formula is C16H25ClN2O. The van der Waals surface area contributed by atoms with Gasteiger partial charge in [-0.3, -0.25) is 0 Å². The molecule has 4 heteroatoms. The van der Waals surface area contributed by atoms with Gasteiger partial charge >= 0.3 is 0 Å². The molecule has 1 fully saturated rings. The van der Waals surface area contributed by atoms with Crippen molar-refractivity contribution in [2.45, 2.75) is 26.3 Å². The van der Waals surface area contributed by atoms with Crippen molar-refractivity contribution in [2.24, 2.45) is 5.92 Å². The highest BCUT2D eigenvalue weighted by molar-refractivity contribution is 6.32. The minimum absolute atomic E-state index is 0.678. The molecule has 1 heterocycles. The average molecular weight is 297 g/mol. The Hall–Kier alpha value is -0.770. The maximum absolute atomic E-state index is 6.12. The second-order valence-corrected chi connectivity index (χ2v) is 6.12. The molecule has 2 rings (SSSR count). The minimum atomic E-state index is 0.678. The van der Waals surface area contributed by atoms with Gasteiger partial charge in [-0.2, -0.15) is 0 Å². The summed E-state index contributed by atoms with van der Waals surface area (Å²) in [6.45, 7) is 7.97. The van der Waals surface area contributed by atoms with E-state index in [0.717, 1.165) is 18.8 Å². The molecule has 3 nitrogen and oxygen atoms in total. The minimum Gasteiger partial charge on any atom is -0.495 e. The fourth-order valence-corrected chi connectivity index (χ4v) is 3.03. The number of rotatable bonds is 7. The summed E-state index contributed by atoms with van der Waals surface area (Å²) >= 11 is 6.12. The molecule has 0 radical (unpaired) electrons. The number of benzene rings is 1. The summed E-state index contributed by atoms with van der Waals surface area (Å²) in [6.07, 6.45) is 2.73. The number of nitrogens with zero attached hydrogens (tertiary/aromatic N) is 1. The monoisotopic (exact) mass is 296 g/mol. The van der Waals surface area contributed by atoms with E-state index in [4.69, 9.17) is 16.3 Å². The fraction of sp³-hybridized carbons (Fsp3) is 0.625. The quantitative estimate of drug-likeness (QED) is 0.836. The number of hydrogen-bond acceptors (Lipinski definition) is 3. The lowest BCUT2D eigenvalue weighted by molar-refractivity contribution is 0.282. The van der Waals surface area contributed by atoms with Crippen molar-refractivity contribution >= 4 is 11.6 Å². The smallest absolute Gasteiger partial charge is 0.137 e. The van der Waals surface area contributed by atoms with Crippen molar-refractivity contribution in [3.63, 3.8) is 0 Å². The average Bonchev–Trinajstić information content (AvgIpc) is 2.92. The zero-order valence-electron chi connectivity index (χ0n) is 12.5. The van der Waals surface area contributed by atoms with E-state index in [1.54, 1.807) is 7.11 Å². The molecule has 0 bridgehead atoms. The summed E-state index contributed by atoms with van der Waals surface area (Å²) in [5.74, 6) is 1.42. The predicted octanol–water partition coefficient (Wildman–Crippen LogP) is 3.17. The van der Waals surface area contributed by atoms with Crippen LogP contribution in [0.25, 0.3) is 0 Å². The van der Waals surface area contributed by atoms with E-state index in [-0.39, 0.29) is 0 Å². The summed E-state index contributed by atoms with van der Waals surface area (Å²) in [5, 5.41) is 4.19. The van der Waals surface area contributed by atoms with E-state index >= 15 is 0 Å². The van der Waals surface area contributed by atoms with Gasteiger partial charge in [0.15, 0.2) is 0 Å². The maximum atomic E-state index is 6.12. The van der Waals surface area contributed by atoms with Crippen LogP contribution in [0.3, 0.4) is 0 Å². The normalized spacial score (nSPS) is 17.4. The summed E-state index contributed by atoms with van der Waals surface area (Å²) in [4.78, 5) is 2.57. The Morgan fingerprint density at radius 2 is 2.10 bits per heavy atom. The van der Waals surface area contributed by atoms with Gasteiger partial charge < -0.3 is 15.0 Å². The third-order valence-electron chi connectivity index (χ3n) is 3.81. The lowest BCUT2D eigenvalue weighted by Gasteiger charge is -2.20. The van der Waals surface area contributed by atoms with Crippen molar-refractivity contribution in [1.29, 1.82) is 0 Å². The first-order valence-electron chi connectivity index (χ1n) is 7.44. The molecule has 0 saturated carbocycles. The highest BCUT2D eigenvalue weighted by atomic mass is 35.5. The Bertz CT molecular complexity index is 419. The molecule has 1 aromatic rings. The van der Waals surface area contributed by atoms with Crippen molar-refractivity contribution in [3.05, 3.63) is 28.8 Å². The van der Waals surface area contributed by atoms with Crippen molar-refractivity contribution in [3.8, 4) is 5.75 Å². The molecule has 1 aliphatic rings. The van der Waals surface area contributed by atoms with E-state index in [1.807, 2.05) is 12.1 Å². The topological polar surface area (TPSA) is 24.5 Å². The van der Waals surface area contributed by atoms with Crippen molar-refractivity contribution in [2.75, 3.05) is 33.3 Å². The van der Waals surface area contributed by atoms with Crippen LogP contribution in [0.15, 0.2) is 18.2 Å². The number of methoxy groups -OCH3 is 1. The largest absolute Gasteiger partial charge is 0.495 e. The van der Waals surface area contributed by atoms with Gasteiger partial charge in [-0.25, -0.2) is 0 Å². The van der Waals surface area contributed by atoms with E-state index in [9.17, 15) is 0 Å². The van der Waals surface area contributed by atoms with Crippen LogP contribution in [-0.2, 0) is 6.54 Å². The number of hydrogen-bond donors (Lipinski definition) is 1. The van der Waals surface area contributed by atoms with Gasteiger partial charge in [0.2, 0.25) is 0 Å². The molecule has 0 spiro atoms. The molecule has 0 aromatic heterocycles. The summed E-state index contributed by atoms with van der Waals surface area (Å²) in [7, 11) is 1.64. The molecule has 112 valence electrons. The van der Waals surface area contributed by atoms with E-state index in [0.29, 0.717) is 10.9 Å². The predicted molar refractivity (Wildman–Crippen MR) is 84.5 cm³/mol. The number of ether oxygens (including phenoxy) is 1. The Morgan fingerprint density at radius 1 is 1.35 bits per heavy atom. The second-order valence-electron chi connectivity index (χ2n) is 5.71. The summed E-state index contributed by atoms with van der Waals surface area (Å²) in [5.41, 5.74) is 1.20. The lowest BCUT2D eigenvalue weighted by atomic mass is 10.1. The Morgan fingerprint density at radius 3 is 2.75 bits per heavy atom. The van der Waals surface area contributed by atoms with Crippen molar-refractivity contribution in [1.82, 2.24) is 10.2 Å². The zero-order valence-corrected chi connectivity index (χ0v) is 13.2. The van der Waals surface area contributed by atoms with Gasteiger partial charge in [0.25, 0.3) is 0 Å². The molecule has 1 saturated heterocycles. The van der Waals surface area contributed by atoms with Crippen LogP contribution in [0.5, 0.6) is 5.75 Å². The van der Waals surface area contributed by atoms with Crippen LogP contribution in [0.1, 0.15) is 25.3 Å². The lowest BCUT2D eigenvalue weighted by Crippen LogP contribution is -2.31. The second kappa shape index (κ2) is 7.87. The molecule has 1 unspecified atom stereocenters.